The molecule has 0 saturated carbocycles. The van der Waals surface area contributed by atoms with E-state index in [0.29, 0.717) is 6.04 Å². The van der Waals surface area contributed by atoms with Gasteiger partial charge in [0, 0.05) is 38.8 Å². The Morgan fingerprint density at radius 1 is 1.26 bits per heavy atom. The maximum absolute atomic E-state index is 4.53. The SMILES string of the molecule is CC1CN(Cc2ccccc2)CCN1C1=NCCN1. The van der Waals surface area contributed by atoms with E-state index in [9.17, 15) is 0 Å². The van der Waals surface area contributed by atoms with Crippen molar-refractivity contribution in [2.24, 2.45) is 4.99 Å². The average molecular weight is 258 g/mol. The van der Waals surface area contributed by atoms with Gasteiger partial charge in [0.05, 0.1) is 6.54 Å². The molecule has 3 rings (SSSR count). The van der Waals surface area contributed by atoms with Crippen molar-refractivity contribution in [3.63, 3.8) is 0 Å². The molecule has 2 aliphatic heterocycles. The standard InChI is InChI=1S/C15H22N4/c1-13-11-18(12-14-5-3-2-4-6-14)9-10-19(13)15-16-7-8-17-15/h2-6,13H,7-12H2,1H3,(H,16,17). The van der Waals surface area contributed by atoms with Gasteiger partial charge in [0.15, 0.2) is 5.96 Å². The van der Waals surface area contributed by atoms with Crippen molar-refractivity contribution in [3.8, 4) is 0 Å². The highest BCUT2D eigenvalue weighted by atomic mass is 15.4. The summed E-state index contributed by atoms with van der Waals surface area (Å²) in [6.07, 6.45) is 0. The zero-order chi connectivity index (χ0) is 13.1. The van der Waals surface area contributed by atoms with Crippen LogP contribution in [0, 0.1) is 0 Å². The first-order chi connectivity index (χ1) is 9.33. The van der Waals surface area contributed by atoms with Gasteiger partial charge in [-0.2, -0.15) is 0 Å². The summed E-state index contributed by atoms with van der Waals surface area (Å²) in [6.45, 7) is 8.55. The summed E-state index contributed by atoms with van der Waals surface area (Å²) in [4.78, 5) is 9.48. The van der Waals surface area contributed by atoms with Crippen molar-refractivity contribution < 1.29 is 0 Å². The zero-order valence-electron chi connectivity index (χ0n) is 11.5. The second-order valence-electron chi connectivity index (χ2n) is 5.40. The fourth-order valence-electron chi connectivity index (χ4n) is 2.91. The third-order valence-electron chi connectivity index (χ3n) is 3.89. The van der Waals surface area contributed by atoms with Gasteiger partial charge in [0.25, 0.3) is 0 Å². The number of aliphatic imine (C=N–C) groups is 1. The molecule has 1 unspecified atom stereocenters. The highest BCUT2D eigenvalue weighted by Crippen LogP contribution is 2.13. The third-order valence-corrected chi connectivity index (χ3v) is 3.89. The van der Waals surface area contributed by atoms with Gasteiger partial charge < -0.3 is 10.2 Å². The minimum absolute atomic E-state index is 0.529. The van der Waals surface area contributed by atoms with Gasteiger partial charge in [0.1, 0.15) is 0 Å². The van der Waals surface area contributed by atoms with Gasteiger partial charge in [-0.05, 0) is 12.5 Å². The van der Waals surface area contributed by atoms with E-state index in [1.165, 1.54) is 5.56 Å². The van der Waals surface area contributed by atoms with E-state index in [-0.39, 0.29) is 0 Å². The van der Waals surface area contributed by atoms with Crippen LogP contribution in [0.15, 0.2) is 35.3 Å². The molecular formula is C15H22N4. The van der Waals surface area contributed by atoms with Crippen LogP contribution < -0.4 is 5.32 Å². The molecule has 2 heterocycles. The first-order valence-electron chi connectivity index (χ1n) is 7.14. The second kappa shape index (κ2) is 5.61. The van der Waals surface area contributed by atoms with Crippen molar-refractivity contribution in [3.05, 3.63) is 35.9 Å². The number of rotatable bonds is 2. The molecule has 0 aromatic heterocycles. The molecule has 1 aromatic carbocycles. The topological polar surface area (TPSA) is 30.9 Å². The molecule has 102 valence electrons. The summed E-state index contributed by atoms with van der Waals surface area (Å²) in [7, 11) is 0. The Labute approximate surface area is 115 Å². The molecule has 0 amide bonds. The largest absolute Gasteiger partial charge is 0.354 e. The average Bonchev–Trinajstić information content (AvgIpc) is 2.94. The van der Waals surface area contributed by atoms with Crippen LogP contribution in [0.25, 0.3) is 0 Å². The molecule has 0 spiro atoms. The van der Waals surface area contributed by atoms with Gasteiger partial charge >= 0.3 is 0 Å². The van der Waals surface area contributed by atoms with E-state index >= 15 is 0 Å². The molecule has 4 heteroatoms. The number of piperazine rings is 1. The zero-order valence-corrected chi connectivity index (χ0v) is 11.5. The van der Waals surface area contributed by atoms with Crippen molar-refractivity contribution in [1.29, 1.82) is 0 Å². The smallest absolute Gasteiger partial charge is 0.194 e. The molecule has 19 heavy (non-hydrogen) atoms. The fraction of sp³-hybridized carbons (Fsp3) is 0.533. The van der Waals surface area contributed by atoms with Crippen LogP contribution in [0.2, 0.25) is 0 Å². The maximum atomic E-state index is 4.53. The molecule has 4 nitrogen and oxygen atoms in total. The van der Waals surface area contributed by atoms with Crippen LogP contribution in [0.5, 0.6) is 0 Å². The van der Waals surface area contributed by atoms with Crippen LogP contribution in [-0.4, -0.2) is 54.5 Å². The lowest BCUT2D eigenvalue weighted by Crippen LogP contribution is -2.55. The highest BCUT2D eigenvalue weighted by molar-refractivity contribution is 5.81. The molecule has 1 N–H and O–H groups in total. The molecule has 1 fully saturated rings. The Bertz CT molecular complexity index is 443. The lowest BCUT2D eigenvalue weighted by molar-refractivity contribution is 0.128. The van der Waals surface area contributed by atoms with E-state index in [0.717, 1.165) is 45.2 Å². The molecule has 0 aliphatic carbocycles. The van der Waals surface area contributed by atoms with Gasteiger partial charge in [0.2, 0.25) is 0 Å². The molecule has 1 saturated heterocycles. The number of nitrogens with one attached hydrogen (secondary N) is 1. The number of benzene rings is 1. The third kappa shape index (κ3) is 2.89. The van der Waals surface area contributed by atoms with Crippen LogP contribution in [0.1, 0.15) is 12.5 Å². The summed E-state index contributed by atoms with van der Waals surface area (Å²) >= 11 is 0. The quantitative estimate of drug-likeness (QED) is 0.863. The van der Waals surface area contributed by atoms with Crippen LogP contribution in [-0.2, 0) is 6.54 Å². The van der Waals surface area contributed by atoms with Crippen molar-refractivity contribution in [1.82, 2.24) is 15.1 Å². The van der Waals surface area contributed by atoms with Crippen LogP contribution >= 0.6 is 0 Å². The Kier molecular flexibility index (Phi) is 3.69. The first kappa shape index (κ1) is 12.5. The van der Waals surface area contributed by atoms with Crippen molar-refractivity contribution >= 4 is 5.96 Å². The Morgan fingerprint density at radius 2 is 2.11 bits per heavy atom. The van der Waals surface area contributed by atoms with E-state index in [4.69, 9.17) is 0 Å². The summed E-state index contributed by atoms with van der Waals surface area (Å²) < 4.78 is 0. The van der Waals surface area contributed by atoms with Crippen molar-refractivity contribution in [2.45, 2.75) is 19.5 Å². The molecule has 1 atom stereocenters. The van der Waals surface area contributed by atoms with Gasteiger partial charge in [-0.25, -0.2) is 0 Å². The van der Waals surface area contributed by atoms with Gasteiger partial charge in [-0.1, -0.05) is 30.3 Å². The molecule has 0 bridgehead atoms. The first-order valence-corrected chi connectivity index (χ1v) is 7.14. The highest BCUT2D eigenvalue weighted by Gasteiger charge is 2.26. The minimum atomic E-state index is 0.529. The van der Waals surface area contributed by atoms with Gasteiger partial charge in [-0.3, -0.25) is 9.89 Å². The lowest BCUT2D eigenvalue weighted by Gasteiger charge is -2.40. The normalized spacial score (nSPS) is 24.2. The molecule has 0 radical (unpaired) electrons. The lowest BCUT2D eigenvalue weighted by atomic mass is 10.1. The monoisotopic (exact) mass is 258 g/mol. The summed E-state index contributed by atoms with van der Waals surface area (Å²) in [5.41, 5.74) is 1.40. The summed E-state index contributed by atoms with van der Waals surface area (Å²) in [5, 5.41) is 3.38. The predicted molar refractivity (Wildman–Crippen MR) is 78.2 cm³/mol. The van der Waals surface area contributed by atoms with E-state index in [1.807, 2.05) is 0 Å². The predicted octanol–water partition coefficient (Wildman–Crippen LogP) is 1.15. The number of hydrogen-bond acceptors (Lipinski definition) is 4. The number of nitrogens with zero attached hydrogens (tertiary/aromatic N) is 3. The Hall–Kier alpha value is -1.55. The van der Waals surface area contributed by atoms with Crippen LogP contribution in [0.4, 0.5) is 0 Å². The maximum Gasteiger partial charge on any atom is 0.194 e. The van der Waals surface area contributed by atoms with E-state index < -0.39 is 0 Å². The van der Waals surface area contributed by atoms with Gasteiger partial charge in [-0.15, -0.1) is 0 Å². The Morgan fingerprint density at radius 3 is 2.79 bits per heavy atom. The fourth-order valence-corrected chi connectivity index (χ4v) is 2.91. The minimum Gasteiger partial charge on any atom is -0.354 e. The second-order valence-corrected chi connectivity index (χ2v) is 5.40. The molecule has 1 aromatic rings. The summed E-state index contributed by atoms with van der Waals surface area (Å²) in [5.74, 6) is 1.10. The van der Waals surface area contributed by atoms with Crippen molar-refractivity contribution in [2.75, 3.05) is 32.7 Å². The Balaban J connectivity index is 1.58. The van der Waals surface area contributed by atoms with Crippen LogP contribution in [0.3, 0.4) is 0 Å². The summed E-state index contributed by atoms with van der Waals surface area (Å²) in [6, 6.07) is 11.3. The van der Waals surface area contributed by atoms with E-state index in [1.54, 1.807) is 0 Å². The van der Waals surface area contributed by atoms with E-state index in [2.05, 4.69) is 57.4 Å². The number of hydrogen-bond donors (Lipinski definition) is 1. The number of guanidine groups is 1. The molecule has 2 aliphatic rings. The molecular weight excluding hydrogens is 236 g/mol.